The van der Waals surface area contributed by atoms with Crippen molar-refractivity contribution in [3.05, 3.63) is 29.8 Å². The Morgan fingerprint density at radius 1 is 1.43 bits per heavy atom. The van der Waals surface area contributed by atoms with E-state index in [1.807, 2.05) is 0 Å². The summed E-state index contributed by atoms with van der Waals surface area (Å²) >= 11 is 0. The lowest BCUT2D eigenvalue weighted by Gasteiger charge is -2.00. The van der Waals surface area contributed by atoms with Gasteiger partial charge >= 0.3 is 5.97 Å². The lowest BCUT2D eigenvalue weighted by molar-refractivity contribution is 0.0526. The Morgan fingerprint density at radius 3 is 2.57 bits per heavy atom. The molecule has 74 valence electrons. The third kappa shape index (κ3) is 2.55. The van der Waals surface area contributed by atoms with Gasteiger partial charge in [0.25, 0.3) is 0 Å². The van der Waals surface area contributed by atoms with Crippen molar-refractivity contribution in [2.45, 2.75) is 6.92 Å². The molecule has 0 saturated heterocycles. The molecule has 1 aromatic carbocycles. The highest BCUT2D eigenvalue weighted by atomic mass is 16.5. The first-order valence-electron chi connectivity index (χ1n) is 4.10. The van der Waals surface area contributed by atoms with Gasteiger partial charge in [0.2, 0.25) is 0 Å². The highest BCUT2D eigenvalue weighted by Crippen LogP contribution is 2.13. The number of ether oxygens (including phenoxy) is 1. The highest BCUT2D eigenvalue weighted by molar-refractivity contribution is 5.89. The minimum atomic E-state index is -0.375. The number of hydrogen-bond donors (Lipinski definition) is 1. The molecule has 5 heteroatoms. The summed E-state index contributed by atoms with van der Waals surface area (Å²) in [5.41, 5.74) is 0.921. The zero-order chi connectivity index (χ0) is 10.4. The van der Waals surface area contributed by atoms with Gasteiger partial charge in [0.15, 0.2) is 0 Å². The molecule has 0 aliphatic rings. The third-order valence-corrected chi connectivity index (χ3v) is 1.54. The lowest BCUT2D eigenvalue weighted by atomic mass is 10.2. The van der Waals surface area contributed by atoms with E-state index in [2.05, 4.69) is 10.4 Å². The molecular formula is C9H10N2O3. The SMILES string of the molecule is CCOC(=O)c1ccc(/N=N/O)cc1. The van der Waals surface area contributed by atoms with Crippen LogP contribution in [0.5, 0.6) is 0 Å². The second-order valence-electron chi connectivity index (χ2n) is 2.46. The molecular weight excluding hydrogens is 184 g/mol. The molecule has 0 unspecified atom stereocenters. The molecule has 0 fully saturated rings. The van der Waals surface area contributed by atoms with Gasteiger partial charge in [-0.1, -0.05) is 0 Å². The van der Waals surface area contributed by atoms with Crippen molar-refractivity contribution >= 4 is 11.7 Å². The summed E-state index contributed by atoms with van der Waals surface area (Å²) in [5.74, 6) is -0.375. The average molecular weight is 194 g/mol. The fraction of sp³-hybridized carbons (Fsp3) is 0.222. The molecule has 1 rings (SSSR count). The number of nitrogens with zero attached hydrogens (tertiary/aromatic N) is 2. The quantitative estimate of drug-likeness (QED) is 0.456. The molecule has 0 spiro atoms. The van der Waals surface area contributed by atoms with Gasteiger partial charge in [0, 0.05) is 5.28 Å². The maximum absolute atomic E-state index is 11.2. The van der Waals surface area contributed by atoms with Crippen molar-refractivity contribution in [1.82, 2.24) is 0 Å². The summed E-state index contributed by atoms with van der Waals surface area (Å²) in [5, 5.41) is 14.2. The van der Waals surface area contributed by atoms with Gasteiger partial charge in [-0.3, -0.25) is 0 Å². The van der Waals surface area contributed by atoms with E-state index < -0.39 is 0 Å². The van der Waals surface area contributed by atoms with Crippen LogP contribution in [-0.4, -0.2) is 17.8 Å². The van der Waals surface area contributed by atoms with E-state index in [1.54, 1.807) is 31.2 Å². The number of carbonyl (C=O) groups excluding carboxylic acids is 1. The molecule has 5 nitrogen and oxygen atoms in total. The van der Waals surface area contributed by atoms with Crippen LogP contribution in [0, 0.1) is 0 Å². The number of hydrogen-bond acceptors (Lipinski definition) is 4. The van der Waals surface area contributed by atoms with Crippen LogP contribution in [0.2, 0.25) is 0 Å². The lowest BCUT2D eigenvalue weighted by Crippen LogP contribution is -2.03. The van der Waals surface area contributed by atoms with Crippen LogP contribution < -0.4 is 0 Å². The zero-order valence-corrected chi connectivity index (χ0v) is 7.67. The first-order chi connectivity index (χ1) is 6.77. The second-order valence-corrected chi connectivity index (χ2v) is 2.46. The summed E-state index contributed by atoms with van der Waals surface area (Å²) in [4.78, 5) is 11.2. The van der Waals surface area contributed by atoms with Gasteiger partial charge in [-0.05, 0) is 31.2 Å². The van der Waals surface area contributed by atoms with Gasteiger partial charge in [0.05, 0.1) is 17.9 Å². The summed E-state index contributed by atoms with van der Waals surface area (Å²) in [6.07, 6.45) is 0. The Balaban J connectivity index is 2.77. The van der Waals surface area contributed by atoms with Crippen molar-refractivity contribution in [3.63, 3.8) is 0 Å². The minimum Gasteiger partial charge on any atom is -0.462 e. The van der Waals surface area contributed by atoms with Gasteiger partial charge in [-0.2, -0.15) is 0 Å². The van der Waals surface area contributed by atoms with E-state index >= 15 is 0 Å². The minimum absolute atomic E-state index is 0.344. The van der Waals surface area contributed by atoms with Gasteiger partial charge in [-0.15, -0.1) is 5.11 Å². The van der Waals surface area contributed by atoms with Gasteiger partial charge < -0.3 is 9.94 Å². The number of benzene rings is 1. The Morgan fingerprint density at radius 2 is 2.07 bits per heavy atom. The fourth-order valence-electron chi connectivity index (χ4n) is 0.930. The van der Waals surface area contributed by atoms with E-state index in [0.29, 0.717) is 17.9 Å². The Hall–Kier alpha value is -1.91. The van der Waals surface area contributed by atoms with Crippen LogP contribution >= 0.6 is 0 Å². The van der Waals surface area contributed by atoms with Crippen molar-refractivity contribution in [2.24, 2.45) is 10.4 Å². The van der Waals surface area contributed by atoms with Crippen molar-refractivity contribution < 1.29 is 14.7 Å². The van der Waals surface area contributed by atoms with Crippen LogP contribution in [0.3, 0.4) is 0 Å². The smallest absolute Gasteiger partial charge is 0.338 e. The van der Waals surface area contributed by atoms with Gasteiger partial charge in [-0.25, -0.2) is 4.79 Å². The molecule has 0 atom stereocenters. The van der Waals surface area contributed by atoms with Crippen LogP contribution in [0.4, 0.5) is 5.69 Å². The average Bonchev–Trinajstić information content (AvgIpc) is 2.20. The number of rotatable bonds is 3. The van der Waals surface area contributed by atoms with Gasteiger partial charge in [0.1, 0.15) is 0 Å². The largest absolute Gasteiger partial charge is 0.462 e. The van der Waals surface area contributed by atoms with E-state index in [9.17, 15) is 4.79 Å². The molecule has 0 saturated carbocycles. The van der Waals surface area contributed by atoms with Crippen LogP contribution in [0.1, 0.15) is 17.3 Å². The monoisotopic (exact) mass is 194 g/mol. The van der Waals surface area contributed by atoms with E-state index in [4.69, 9.17) is 9.94 Å². The Labute approximate surface area is 81.0 Å². The molecule has 0 bridgehead atoms. The topological polar surface area (TPSA) is 71.2 Å². The molecule has 0 aliphatic heterocycles. The van der Waals surface area contributed by atoms with E-state index in [0.717, 1.165) is 0 Å². The number of esters is 1. The van der Waals surface area contributed by atoms with E-state index in [1.165, 1.54) is 0 Å². The fourth-order valence-corrected chi connectivity index (χ4v) is 0.930. The molecule has 1 aromatic rings. The highest BCUT2D eigenvalue weighted by Gasteiger charge is 2.04. The Bertz CT molecular complexity index is 332. The summed E-state index contributed by atoms with van der Waals surface area (Å²) < 4.78 is 4.79. The molecule has 0 amide bonds. The predicted octanol–water partition coefficient (Wildman–Crippen LogP) is 2.34. The summed E-state index contributed by atoms with van der Waals surface area (Å²) in [7, 11) is 0. The maximum atomic E-state index is 11.2. The van der Waals surface area contributed by atoms with Crippen molar-refractivity contribution in [1.29, 1.82) is 0 Å². The maximum Gasteiger partial charge on any atom is 0.338 e. The molecule has 0 heterocycles. The Kier molecular flexibility index (Phi) is 3.60. The summed E-state index contributed by atoms with van der Waals surface area (Å²) in [6, 6.07) is 6.24. The van der Waals surface area contributed by atoms with Crippen LogP contribution in [0.15, 0.2) is 34.7 Å². The van der Waals surface area contributed by atoms with Crippen LogP contribution in [0.25, 0.3) is 0 Å². The first-order valence-corrected chi connectivity index (χ1v) is 4.10. The van der Waals surface area contributed by atoms with Crippen molar-refractivity contribution in [2.75, 3.05) is 6.61 Å². The zero-order valence-electron chi connectivity index (χ0n) is 7.67. The summed E-state index contributed by atoms with van der Waals surface area (Å²) in [6.45, 7) is 2.09. The number of carbonyl (C=O) groups is 1. The molecule has 1 N–H and O–H groups in total. The third-order valence-electron chi connectivity index (χ3n) is 1.54. The molecule has 14 heavy (non-hydrogen) atoms. The second kappa shape index (κ2) is 4.96. The van der Waals surface area contributed by atoms with Crippen molar-refractivity contribution in [3.8, 4) is 0 Å². The molecule has 0 radical (unpaired) electrons. The van der Waals surface area contributed by atoms with Crippen LogP contribution in [-0.2, 0) is 4.74 Å². The standard InChI is InChI=1S/C9H10N2O3/c1-2-14-9(12)7-3-5-8(6-4-7)10-11-13/h3-6H,2H2,1H3,(H,10,13). The predicted molar refractivity (Wildman–Crippen MR) is 48.7 cm³/mol. The van der Waals surface area contributed by atoms with E-state index in [-0.39, 0.29) is 5.97 Å². The first kappa shape index (κ1) is 10.2. The normalized spacial score (nSPS) is 10.4. The molecule has 0 aromatic heterocycles. The molecule has 0 aliphatic carbocycles.